The number of rotatable bonds is 2. The Morgan fingerprint density at radius 2 is 2.32 bits per heavy atom. The molecule has 0 unspecified atom stereocenters. The smallest absolute Gasteiger partial charge is 0.137 e. The van der Waals surface area contributed by atoms with Gasteiger partial charge in [-0.2, -0.15) is 5.10 Å². The monoisotopic (exact) mass is 383 g/mol. The van der Waals surface area contributed by atoms with Gasteiger partial charge in [0.25, 0.3) is 0 Å². The number of aliphatic hydroxyl groups is 1. The van der Waals surface area contributed by atoms with Crippen LogP contribution in [0.4, 0.5) is 5.82 Å². The maximum Gasteiger partial charge on any atom is 0.137 e. The Hall–Kier alpha value is -1.18. The molecule has 0 radical (unpaired) electrons. The first-order chi connectivity index (χ1) is 10.5. The van der Waals surface area contributed by atoms with Crippen molar-refractivity contribution in [3.05, 3.63) is 33.9 Å². The Morgan fingerprint density at radius 1 is 1.45 bits per heavy atom. The fourth-order valence-corrected chi connectivity index (χ4v) is 4.46. The highest BCUT2D eigenvalue weighted by molar-refractivity contribution is 9.10. The van der Waals surface area contributed by atoms with Crippen LogP contribution in [0, 0.1) is 0 Å². The summed E-state index contributed by atoms with van der Waals surface area (Å²) < 4.78 is 2.48. The molecule has 1 fully saturated rings. The summed E-state index contributed by atoms with van der Waals surface area (Å²) in [5.41, 5.74) is 0.0549. The summed E-state index contributed by atoms with van der Waals surface area (Å²) in [5, 5.41) is 19.1. The molecule has 6 nitrogen and oxygen atoms in total. The summed E-state index contributed by atoms with van der Waals surface area (Å²) in [6.07, 6.45) is 7.04. The molecule has 2 N–H and O–H groups in total. The molecule has 0 aromatic carbocycles. The molecule has 2 aromatic rings. The second kappa shape index (κ2) is 4.91. The van der Waals surface area contributed by atoms with Crippen LogP contribution in [-0.2, 0) is 12.0 Å². The minimum Gasteiger partial charge on any atom is -0.388 e. The Bertz CT molecular complexity index is 724. The number of pyridine rings is 1. The second-order valence-electron chi connectivity index (χ2n) is 6.27. The average molecular weight is 385 g/mol. The van der Waals surface area contributed by atoms with Crippen LogP contribution in [0.2, 0.25) is 5.02 Å². The van der Waals surface area contributed by atoms with Crippen LogP contribution in [0.25, 0.3) is 0 Å². The maximum atomic E-state index is 11.0. The highest BCUT2D eigenvalue weighted by atomic mass is 79.9. The molecule has 0 saturated heterocycles. The van der Waals surface area contributed by atoms with Crippen molar-refractivity contribution in [3.63, 3.8) is 0 Å². The first-order valence-electron chi connectivity index (χ1n) is 7.15. The minimum atomic E-state index is -0.803. The quantitative estimate of drug-likeness (QED) is 0.831. The number of halogens is 2. The maximum absolute atomic E-state index is 11.0. The van der Waals surface area contributed by atoms with E-state index in [9.17, 15) is 5.11 Å². The third kappa shape index (κ3) is 2.14. The van der Waals surface area contributed by atoms with Crippen molar-refractivity contribution in [2.75, 3.05) is 11.9 Å². The Balaban J connectivity index is 1.68. The average Bonchev–Trinajstić information content (AvgIpc) is 3.17. The van der Waals surface area contributed by atoms with Crippen LogP contribution in [0.1, 0.15) is 24.8 Å². The predicted octanol–water partition coefficient (Wildman–Crippen LogP) is 2.37. The number of hydrogen-bond acceptors (Lipinski definition) is 5. The fraction of sp³-hybridized carbons (Fsp3) is 0.500. The molecule has 0 amide bonds. The van der Waals surface area contributed by atoms with Crippen LogP contribution < -0.4 is 5.32 Å². The van der Waals surface area contributed by atoms with Crippen LogP contribution >= 0.6 is 27.5 Å². The van der Waals surface area contributed by atoms with Crippen LogP contribution in [0.5, 0.6) is 0 Å². The van der Waals surface area contributed by atoms with E-state index in [1.54, 1.807) is 17.2 Å². The zero-order valence-electron chi connectivity index (χ0n) is 11.8. The van der Waals surface area contributed by atoms with E-state index >= 15 is 0 Å². The molecule has 1 spiro atoms. The largest absolute Gasteiger partial charge is 0.388 e. The highest BCUT2D eigenvalue weighted by Gasteiger charge is 2.53. The van der Waals surface area contributed by atoms with E-state index in [1.807, 2.05) is 0 Å². The van der Waals surface area contributed by atoms with E-state index < -0.39 is 5.60 Å². The molecule has 1 saturated carbocycles. The molecule has 0 bridgehead atoms. The summed E-state index contributed by atoms with van der Waals surface area (Å²) in [5.74, 6) is 0.832. The molecule has 2 aromatic heterocycles. The lowest BCUT2D eigenvalue weighted by Crippen LogP contribution is -2.35. The molecule has 2 aliphatic rings. The van der Waals surface area contributed by atoms with Crippen molar-refractivity contribution in [1.29, 1.82) is 0 Å². The van der Waals surface area contributed by atoms with E-state index in [4.69, 9.17) is 11.6 Å². The summed E-state index contributed by atoms with van der Waals surface area (Å²) in [6.45, 7) is 1.20. The number of fused-ring (bicyclic) bond motifs is 2. The lowest BCUT2D eigenvalue weighted by molar-refractivity contribution is 0.0210. The Morgan fingerprint density at radius 3 is 3.09 bits per heavy atom. The topological polar surface area (TPSA) is 75.9 Å². The van der Waals surface area contributed by atoms with E-state index in [2.05, 4.69) is 36.3 Å². The second-order valence-corrected chi connectivity index (χ2v) is 7.50. The van der Waals surface area contributed by atoms with Gasteiger partial charge in [0.05, 0.1) is 21.6 Å². The number of aromatic nitrogens is 4. The summed E-state index contributed by atoms with van der Waals surface area (Å²) >= 11 is 9.96. The molecule has 1 aliphatic heterocycles. The minimum absolute atomic E-state index is 0.168. The molecule has 2 atom stereocenters. The Labute approximate surface area is 141 Å². The van der Waals surface area contributed by atoms with Gasteiger partial charge in [-0.15, -0.1) is 0 Å². The molecule has 22 heavy (non-hydrogen) atoms. The van der Waals surface area contributed by atoms with Crippen molar-refractivity contribution >= 4 is 33.3 Å². The van der Waals surface area contributed by atoms with Gasteiger partial charge in [0.2, 0.25) is 0 Å². The van der Waals surface area contributed by atoms with Gasteiger partial charge >= 0.3 is 0 Å². The normalized spacial score (nSPS) is 29.8. The van der Waals surface area contributed by atoms with Crippen molar-refractivity contribution < 1.29 is 5.11 Å². The van der Waals surface area contributed by atoms with E-state index in [1.165, 1.54) is 6.33 Å². The van der Waals surface area contributed by atoms with Crippen molar-refractivity contribution in [2.45, 2.75) is 36.8 Å². The lowest BCUT2D eigenvalue weighted by Gasteiger charge is -2.28. The third-order valence-corrected chi connectivity index (χ3v) is 5.98. The van der Waals surface area contributed by atoms with E-state index in [0.29, 0.717) is 24.4 Å². The van der Waals surface area contributed by atoms with Gasteiger partial charge in [0, 0.05) is 23.7 Å². The van der Waals surface area contributed by atoms with Crippen molar-refractivity contribution in [2.24, 2.45) is 0 Å². The highest BCUT2D eigenvalue weighted by Crippen LogP contribution is 2.54. The zero-order valence-corrected chi connectivity index (χ0v) is 14.1. The summed E-state index contributed by atoms with van der Waals surface area (Å²) in [6, 6.07) is 0. The SMILES string of the molecule is O[C@@]1(Cn2cncn2)CC[C@@]2(CNc3ncc(Br)c(Cl)c32)C1. The molecule has 8 heteroatoms. The predicted molar refractivity (Wildman–Crippen MR) is 85.9 cm³/mol. The molecule has 116 valence electrons. The van der Waals surface area contributed by atoms with Gasteiger partial charge in [-0.25, -0.2) is 9.97 Å². The third-order valence-electron chi connectivity index (χ3n) is 4.76. The van der Waals surface area contributed by atoms with Gasteiger partial charge < -0.3 is 10.4 Å². The molecular formula is C14H15BrClN5O. The zero-order chi connectivity index (χ0) is 15.4. The van der Waals surface area contributed by atoms with E-state index in [0.717, 1.165) is 28.8 Å². The van der Waals surface area contributed by atoms with Crippen LogP contribution in [-0.4, -0.2) is 37.0 Å². The lowest BCUT2D eigenvalue weighted by atomic mass is 9.80. The number of anilines is 1. The van der Waals surface area contributed by atoms with Crippen molar-refractivity contribution in [1.82, 2.24) is 19.7 Å². The van der Waals surface area contributed by atoms with Gasteiger partial charge in [0.1, 0.15) is 18.5 Å². The van der Waals surface area contributed by atoms with Gasteiger partial charge in [0.15, 0.2) is 0 Å². The first-order valence-corrected chi connectivity index (χ1v) is 8.32. The van der Waals surface area contributed by atoms with Gasteiger partial charge in [-0.05, 0) is 35.2 Å². The van der Waals surface area contributed by atoms with Gasteiger partial charge in [-0.3, -0.25) is 4.68 Å². The number of nitrogens with one attached hydrogen (secondary N) is 1. The standard InChI is InChI=1S/C14H15BrClN5O/c15-9-3-18-12-10(11(9)16)13(5-19-12)1-2-14(22,4-13)6-21-8-17-7-20-21/h3,7-8,22H,1-2,4-6H2,(H,18,19)/t13-,14-/m0/s1. The van der Waals surface area contributed by atoms with Crippen LogP contribution in [0.15, 0.2) is 23.3 Å². The van der Waals surface area contributed by atoms with Crippen molar-refractivity contribution in [3.8, 4) is 0 Å². The fourth-order valence-electron chi connectivity index (χ4n) is 3.82. The molecule has 3 heterocycles. The summed E-state index contributed by atoms with van der Waals surface area (Å²) in [7, 11) is 0. The Kier molecular flexibility index (Phi) is 3.22. The molecule has 4 rings (SSSR count). The number of nitrogens with zero attached hydrogens (tertiary/aromatic N) is 4. The van der Waals surface area contributed by atoms with E-state index in [-0.39, 0.29) is 5.41 Å². The molecular weight excluding hydrogens is 370 g/mol. The van der Waals surface area contributed by atoms with Crippen LogP contribution in [0.3, 0.4) is 0 Å². The van der Waals surface area contributed by atoms with Gasteiger partial charge in [-0.1, -0.05) is 11.6 Å². The first kappa shape index (κ1) is 14.4. The number of hydrogen-bond donors (Lipinski definition) is 2. The molecule has 1 aliphatic carbocycles. The summed E-state index contributed by atoms with van der Waals surface area (Å²) in [4.78, 5) is 8.35.